The molecule has 2 aromatic rings. The van der Waals surface area contributed by atoms with Crippen LogP contribution in [0.4, 0.5) is 5.69 Å². The summed E-state index contributed by atoms with van der Waals surface area (Å²) in [7, 11) is -2.82. The van der Waals surface area contributed by atoms with E-state index < -0.39 is 9.84 Å². The molecule has 3 rings (SSSR count). The van der Waals surface area contributed by atoms with Gasteiger partial charge in [-0.2, -0.15) is 0 Å². The highest BCUT2D eigenvalue weighted by molar-refractivity contribution is 7.91. The largest absolute Gasteiger partial charge is 0.381 e. The fourth-order valence-electron chi connectivity index (χ4n) is 3.10. The Morgan fingerprint density at radius 1 is 1.30 bits per heavy atom. The van der Waals surface area contributed by atoms with Gasteiger partial charge in [-0.1, -0.05) is 25.0 Å². The van der Waals surface area contributed by atoms with Gasteiger partial charge in [-0.25, -0.2) is 8.42 Å². The molecule has 0 bridgehead atoms. The van der Waals surface area contributed by atoms with Crippen molar-refractivity contribution in [2.24, 2.45) is 0 Å². The van der Waals surface area contributed by atoms with Gasteiger partial charge in [0, 0.05) is 6.04 Å². The normalized spacial score (nSPS) is 17.7. The topological polar surface area (TPSA) is 46.2 Å². The molecule has 0 saturated carbocycles. The molecule has 1 aromatic carbocycles. The van der Waals surface area contributed by atoms with Gasteiger partial charge in [0.05, 0.1) is 26.8 Å². The molecule has 0 aliphatic carbocycles. The number of benzene rings is 1. The number of thiophene rings is 1. The van der Waals surface area contributed by atoms with Crippen molar-refractivity contribution in [1.29, 1.82) is 0 Å². The number of hydrogen-bond acceptors (Lipinski definition) is 4. The van der Waals surface area contributed by atoms with E-state index in [0.29, 0.717) is 12.8 Å². The highest BCUT2D eigenvalue weighted by Crippen LogP contribution is 2.37. The third kappa shape index (κ3) is 3.39. The number of anilines is 1. The molecule has 122 valence electrons. The molecule has 0 spiro atoms. The summed E-state index contributed by atoms with van der Waals surface area (Å²) < 4.78 is 24.4. The standard InChI is InChI=1S/C18H21NO2S2/c1-3-6-17-14(4-2)15-7-5-8-16(18(15)22-17)19-13-9-11-23(20,21)12-10-13/h5,7-8,13,19H,4,9-12H2,1-2H3. The van der Waals surface area contributed by atoms with Crippen molar-refractivity contribution in [3.63, 3.8) is 0 Å². The summed E-state index contributed by atoms with van der Waals surface area (Å²) in [4.78, 5) is 1.14. The van der Waals surface area contributed by atoms with Crippen LogP contribution in [0.15, 0.2) is 18.2 Å². The lowest BCUT2D eigenvalue weighted by atomic mass is 10.1. The van der Waals surface area contributed by atoms with E-state index in [0.717, 1.165) is 17.0 Å². The van der Waals surface area contributed by atoms with Gasteiger partial charge in [-0.05, 0) is 43.2 Å². The molecule has 3 nitrogen and oxygen atoms in total. The van der Waals surface area contributed by atoms with Crippen molar-refractivity contribution < 1.29 is 8.42 Å². The average Bonchev–Trinajstić information content (AvgIpc) is 2.88. The van der Waals surface area contributed by atoms with E-state index in [2.05, 4.69) is 42.3 Å². The van der Waals surface area contributed by atoms with E-state index in [4.69, 9.17) is 0 Å². The van der Waals surface area contributed by atoms with Crippen LogP contribution in [0.3, 0.4) is 0 Å². The zero-order chi connectivity index (χ0) is 16.4. The van der Waals surface area contributed by atoms with E-state index in [1.807, 2.05) is 6.92 Å². The van der Waals surface area contributed by atoms with Crippen LogP contribution in [-0.4, -0.2) is 26.0 Å². The molecule has 1 saturated heterocycles. The molecule has 0 unspecified atom stereocenters. The van der Waals surface area contributed by atoms with Gasteiger partial charge >= 0.3 is 0 Å². The molecule has 1 fully saturated rings. The molecule has 1 N–H and O–H groups in total. The molecule has 0 radical (unpaired) electrons. The molecule has 23 heavy (non-hydrogen) atoms. The van der Waals surface area contributed by atoms with E-state index in [1.54, 1.807) is 11.3 Å². The Bertz CT molecular complexity index is 871. The summed E-state index contributed by atoms with van der Waals surface area (Å²) in [6.07, 6.45) is 2.34. The smallest absolute Gasteiger partial charge is 0.150 e. The zero-order valence-corrected chi connectivity index (χ0v) is 15.1. The highest BCUT2D eigenvalue weighted by Gasteiger charge is 2.24. The molecule has 5 heteroatoms. The minimum absolute atomic E-state index is 0.233. The van der Waals surface area contributed by atoms with Gasteiger partial charge in [0.15, 0.2) is 0 Å². The van der Waals surface area contributed by atoms with Gasteiger partial charge in [-0.3, -0.25) is 0 Å². The predicted octanol–water partition coefficient (Wildman–Crippen LogP) is 3.82. The summed E-state index contributed by atoms with van der Waals surface area (Å²) in [6.45, 7) is 4.03. The predicted molar refractivity (Wildman–Crippen MR) is 99.1 cm³/mol. The van der Waals surface area contributed by atoms with Crippen molar-refractivity contribution >= 4 is 36.9 Å². The van der Waals surface area contributed by atoms with Crippen LogP contribution < -0.4 is 5.32 Å². The van der Waals surface area contributed by atoms with E-state index in [-0.39, 0.29) is 17.5 Å². The van der Waals surface area contributed by atoms with E-state index in [9.17, 15) is 8.42 Å². The Morgan fingerprint density at radius 2 is 2.04 bits per heavy atom. The van der Waals surface area contributed by atoms with Crippen LogP contribution in [0.1, 0.15) is 37.1 Å². The molecule has 1 aliphatic heterocycles. The van der Waals surface area contributed by atoms with Crippen LogP contribution in [0.5, 0.6) is 0 Å². The molecule has 1 aliphatic rings. The third-order valence-corrected chi connectivity index (χ3v) is 7.24. The lowest BCUT2D eigenvalue weighted by molar-refractivity contribution is 0.560. The maximum absolute atomic E-state index is 11.6. The lowest BCUT2D eigenvalue weighted by Gasteiger charge is -2.24. The van der Waals surface area contributed by atoms with Crippen LogP contribution in [-0.2, 0) is 16.3 Å². The Hall–Kier alpha value is -1.51. The van der Waals surface area contributed by atoms with Crippen molar-refractivity contribution in [2.45, 2.75) is 39.2 Å². The molecule has 1 aromatic heterocycles. The number of hydrogen-bond donors (Lipinski definition) is 1. The van der Waals surface area contributed by atoms with Gasteiger partial charge in [-0.15, -0.1) is 17.3 Å². The molecule has 2 heterocycles. The minimum Gasteiger partial charge on any atom is -0.381 e. The van der Waals surface area contributed by atoms with Gasteiger partial charge in [0.1, 0.15) is 9.84 Å². The van der Waals surface area contributed by atoms with Crippen molar-refractivity contribution in [3.05, 3.63) is 28.6 Å². The lowest BCUT2D eigenvalue weighted by Crippen LogP contribution is -2.32. The van der Waals surface area contributed by atoms with Crippen LogP contribution in [0, 0.1) is 11.8 Å². The monoisotopic (exact) mass is 347 g/mol. The van der Waals surface area contributed by atoms with Crippen molar-refractivity contribution in [2.75, 3.05) is 16.8 Å². The van der Waals surface area contributed by atoms with Crippen molar-refractivity contribution in [1.82, 2.24) is 0 Å². The molecular formula is C18H21NO2S2. The Morgan fingerprint density at radius 3 is 2.70 bits per heavy atom. The minimum atomic E-state index is -2.82. The molecular weight excluding hydrogens is 326 g/mol. The summed E-state index contributed by atoms with van der Waals surface area (Å²) in [5, 5.41) is 4.83. The second-order valence-corrected chi connectivity index (χ2v) is 9.22. The number of aryl methyl sites for hydroxylation is 1. The second kappa shape index (κ2) is 6.54. The Kier molecular flexibility index (Phi) is 4.65. The second-order valence-electron chi connectivity index (χ2n) is 5.89. The first-order valence-corrected chi connectivity index (χ1v) is 10.6. The van der Waals surface area contributed by atoms with Crippen LogP contribution >= 0.6 is 11.3 Å². The van der Waals surface area contributed by atoms with Crippen molar-refractivity contribution in [3.8, 4) is 11.8 Å². The third-order valence-electron chi connectivity index (χ3n) is 4.32. The quantitative estimate of drug-likeness (QED) is 0.859. The van der Waals surface area contributed by atoms with E-state index >= 15 is 0 Å². The zero-order valence-electron chi connectivity index (χ0n) is 13.5. The summed E-state index contributed by atoms with van der Waals surface area (Å²) in [5.41, 5.74) is 2.42. The Balaban J connectivity index is 1.93. The summed E-state index contributed by atoms with van der Waals surface area (Å²) in [6, 6.07) is 6.54. The average molecular weight is 348 g/mol. The first kappa shape index (κ1) is 16.4. The number of nitrogens with one attached hydrogen (secondary N) is 1. The van der Waals surface area contributed by atoms with Crippen LogP contribution in [0.25, 0.3) is 10.1 Å². The fraction of sp³-hybridized carbons (Fsp3) is 0.444. The summed E-state index contributed by atoms with van der Waals surface area (Å²) in [5.74, 6) is 6.80. The highest BCUT2D eigenvalue weighted by atomic mass is 32.2. The van der Waals surface area contributed by atoms with Crippen LogP contribution in [0.2, 0.25) is 0 Å². The molecule has 0 amide bonds. The van der Waals surface area contributed by atoms with Gasteiger partial charge < -0.3 is 5.32 Å². The van der Waals surface area contributed by atoms with Gasteiger partial charge in [0.2, 0.25) is 0 Å². The first-order valence-electron chi connectivity index (χ1n) is 7.98. The maximum atomic E-state index is 11.6. The molecule has 0 atom stereocenters. The number of fused-ring (bicyclic) bond motifs is 1. The van der Waals surface area contributed by atoms with Gasteiger partial charge in [0.25, 0.3) is 0 Å². The fourth-order valence-corrected chi connectivity index (χ4v) is 5.87. The Labute approximate surface area is 142 Å². The number of sulfone groups is 1. The first-order chi connectivity index (χ1) is 11.0. The van der Waals surface area contributed by atoms with E-state index in [1.165, 1.54) is 15.6 Å². The SMILES string of the molecule is CC#Cc1sc2c(NC3CCS(=O)(=O)CC3)cccc2c1CC. The maximum Gasteiger partial charge on any atom is 0.150 e. The number of rotatable bonds is 3. The summed E-state index contributed by atoms with van der Waals surface area (Å²) >= 11 is 1.73.